The summed E-state index contributed by atoms with van der Waals surface area (Å²) in [4.78, 5) is 0. The summed E-state index contributed by atoms with van der Waals surface area (Å²) < 4.78 is 34.1. The standard InChI is InChI=1S/C23H28O6/c1-24-17-7-6-13(9-18(17)25-2)20-16-12-29-11-15(16)8-14-10-19(26-3)22(27-4)23(28-5)21(14)20/h6-7,9-10,15-16,20H,8,11-12H2,1-5H3/t15-,16+,20+/m1/s1. The number of hydrogen-bond donors (Lipinski definition) is 0. The van der Waals surface area contributed by atoms with Gasteiger partial charge in [0.2, 0.25) is 5.75 Å². The molecule has 4 rings (SSSR count). The summed E-state index contributed by atoms with van der Waals surface area (Å²) in [6.07, 6.45) is 0.931. The third-order valence-corrected chi connectivity index (χ3v) is 6.19. The molecule has 1 heterocycles. The van der Waals surface area contributed by atoms with Crippen molar-refractivity contribution < 1.29 is 28.4 Å². The monoisotopic (exact) mass is 400 g/mol. The van der Waals surface area contributed by atoms with Gasteiger partial charge >= 0.3 is 0 Å². The normalized spacial score (nSPS) is 22.4. The van der Waals surface area contributed by atoms with Crippen LogP contribution in [0.15, 0.2) is 24.3 Å². The second-order valence-corrected chi connectivity index (χ2v) is 7.48. The zero-order valence-electron chi connectivity index (χ0n) is 17.6. The molecule has 1 fully saturated rings. The fourth-order valence-corrected chi connectivity index (χ4v) is 4.89. The van der Waals surface area contributed by atoms with Gasteiger partial charge in [0.25, 0.3) is 0 Å². The number of hydrogen-bond acceptors (Lipinski definition) is 6. The first-order valence-corrected chi connectivity index (χ1v) is 9.78. The first-order chi connectivity index (χ1) is 14.2. The summed E-state index contributed by atoms with van der Waals surface area (Å²) in [7, 11) is 8.28. The number of benzene rings is 2. The summed E-state index contributed by atoms with van der Waals surface area (Å²) in [5, 5.41) is 0. The minimum absolute atomic E-state index is 0.0980. The molecule has 1 aliphatic carbocycles. The Labute approximate surface area is 171 Å². The van der Waals surface area contributed by atoms with Crippen molar-refractivity contribution in [2.75, 3.05) is 48.8 Å². The quantitative estimate of drug-likeness (QED) is 0.737. The van der Waals surface area contributed by atoms with Gasteiger partial charge in [0, 0.05) is 11.5 Å². The van der Waals surface area contributed by atoms with E-state index in [-0.39, 0.29) is 5.92 Å². The SMILES string of the molecule is COc1ccc([C@@H]2c3c(cc(OC)c(OC)c3OC)C[C@@H]3COC[C@@H]32)cc1OC. The average molecular weight is 400 g/mol. The Balaban J connectivity index is 1.94. The lowest BCUT2D eigenvalue weighted by atomic mass is 9.67. The van der Waals surface area contributed by atoms with Gasteiger partial charge in [0.05, 0.1) is 48.8 Å². The van der Waals surface area contributed by atoms with E-state index in [0.29, 0.717) is 34.8 Å². The average Bonchev–Trinajstić information content (AvgIpc) is 3.23. The van der Waals surface area contributed by atoms with Gasteiger partial charge in [-0.3, -0.25) is 0 Å². The second kappa shape index (κ2) is 8.03. The molecular formula is C23H28O6. The highest BCUT2D eigenvalue weighted by Gasteiger charge is 2.44. The van der Waals surface area contributed by atoms with E-state index < -0.39 is 0 Å². The molecule has 6 heteroatoms. The maximum atomic E-state index is 5.90. The molecule has 1 saturated heterocycles. The molecule has 0 amide bonds. The van der Waals surface area contributed by atoms with E-state index in [4.69, 9.17) is 28.4 Å². The molecule has 2 aromatic rings. The van der Waals surface area contributed by atoms with Crippen molar-refractivity contribution in [1.82, 2.24) is 0 Å². The molecular weight excluding hydrogens is 372 g/mol. The molecule has 156 valence electrons. The third kappa shape index (κ3) is 3.15. The van der Waals surface area contributed by atoms with Gasteiger partial charge in [-0.05, 0) is 47.6 Å². The van der Waals surface area contributed by atoms with Crippen LogP contribution < -0.4 is 23.7 Å². The van der Waals surface area contributed by atoms with Gasteiger partial charge in [-0.15, -0.1) is 0 Å². The third-order valence-electron chi connectivity index (χ3n) is 6.19. The molecule has 0 spiro atoms. The summed E-state index contributed by atoms with van der Waals surface area (Å²) in [5.74, 6) is 4.37. The summed E-state index contributed by atoms with van der Waals surface area (Å²) in [5.41, 5.74) is 3.50. The van der Waals surface area contributed by atoms with Gasteiger partial charge < -0.3 is 28.4 Å². The molecule has 0 unspecified atom stereocenters. The Hall–Kier alpha value is -2.60. The van der Waals surface area contributed by atoms with Crippen LogP contribution in [0.1, 0.15) is 22.6 Å². The fourth-order valence-electron chi connectivity index (χ4n) is 4.89. The van der Waals surface area contributed by atoms with Crippen molar-refractivity contribution in [2.45, 2.75) is 12.3 Å². The highest BCUT2D eigenvalue weighted by atomic mass is 16.5. The number of fused-ring (bicyclic) bond motifs is 2. The van der Waals surface area contributed by atoms with E-state index in [0.717, 1.165) is 36.5 Å². The Morgan fingerprint density at radius 2 is 1.48 bits per heavy atom. The largest absolute Gasteiger partial charge is 0.493 e. The van der Waals surface area contributed by atoms with Gasteiger partial charge in [-0.2, -0.15) is 0 Å². The van der Waals surface area contributed by atoms with Crippen LogP contribution in [0.4, 0.5) is 0 Å². The second-order valence-electron chi connectivity index (χ2n) is 7.48. The highest BCUT2D eigenvalue weighted by molar-refractivity contribution is 5.63. The van der Waals surface area contributed by atoms with Crippen molar-refractivity contribution in [3.05, 3.63) is 41.0 Å². The van der Waals surface area contributed by atoms with Crippen molar-refractivity contribution in [2.24, 2.45) is 11.8 Å². The minimum atomic E-state index is 0.0980. The van der Waals surface area contributed by atoms with Crippen LogP contribution in [-0.4, -0.2) is 48.8 Å². The zero-order valence-corrected chi connectivity index (χ0v) is 17.6. The van der Waals surface area contributed by atoms with Gasteiger partial charge in [-0.25, -0.2) is 0 Å². The highest BCUT2D eigenvalue weighted by Crippen LogP contribution is 2.55. The van der Waals surface area contributed by atoms with E-state index >= 15 is 0 Å². The Morgan fingerprint density at radius 3 is 2.14 bits per heavy atom. The van der Waals surface area contributed by atoms with Gasteiger partial charge in [0.1, 0.15) is 0 Å². The number of methoxy groups -OCH3 is 5. The molecule has 0 bridgehead atoms. The van der Waals surface area contributed by atoms with Crippen molar-refractivity contribution >= 4 is 0 Å². The Bertz CT molecular complexity index is 893. The lowest BCUT2D eigenvalue weighted by molar-refractivity contribution is 0.179. The van der Waals surface area contributed by atoms with E-state index in [1.807, 2.05) is 6.07 Å². The maximum absolute atomic E-state index is 5.90. The van der Waals surface area contributed by atoms with Crippen LogP contribution in [0.3, 0.4) is 0 Å². The molecule has 2 aliphatic rings. The van der Waals surface area contributed by atoms with Crippen LogP contribution in [0.2, 0.25) is 0 Å². The van der Waals surface area contributed by atoms with Crippen LogP contribution in [0.5, 0.6) is 28.7 Å². The van der Waals surface area contributed by atoms with Crippen molar-refractivity contribution in [3.63, 3.8) is 0 Å². The topological polar surface area (TPSA) is 55.4 Å². The minimum Gasteiger partial charge on any atom is -0.493 e. The molecule has 3 atom stereocenters. The Kier molecular flexibility index (Phi) is 5.46. The molecule has 2 aromatic carbocycles. The molecule has 0 saturated carbocycles. The van der Waals surface area contributed by atoms with Gasteiger partial charge in [-0.1, -0.05) is 6.07 Å². The summed E-state index contributed by atoms with van der Waals surface area (Å²) in [6, 6.07) is 8.20. The molecule has 1 aliphatic heterocycles. The Morgan fingerprint density at radius 1 is 0.759 bits per heavy atom. The first-order valence-electron chi connectivity index (χ1n) is 9.78. The summed E-state index contributed by atoms with van der Waals surface area (Å²) >= 11 is 0. The van der Waals surface area contributed by atoms with E-state index in [1.165, 1.54) is 5.56 Å². The van der Waals surface area contributed by atoms with E-state index in [1.54, 1.807) is 35.5 Å². The zero-order chi connectivity index (χ0) is 20.5. The molecule has 6 nitrogen and oxygen atoms in total. The number of ether oxygens (including phenoxy) is 6. The maximum Gasteiger partial charge on any atom is 0.203 e. The summed E-state index contributed by atoms with van der Waals surface area (Å²) in [6.45, 7) is 1.49. The van der Waals surface area contributed by atoms with E-state index in [2.05, 4.69) is 18.2 Å². The fraction of sp³-hybridized carbons (Fsp3) is 0.478. The lowest BCUT2D eigenvalue weighted by Gasteiger charge is -2.37. The number of rotatable bonds is 6. The van der Waals surface area contributed by atoms with Gasteiger partial charge in [0.15, 0.2) is 23.0 Å². The molecule has 29 heavy (non-hydrogen) atoms. The van der Waals surface area contributed by atoms with Crippen LogP contribution in [-0.2, 0) is 11.2 Å². The van der Waals surface area contributed by atoms with Crippen LogP contribution in [0, 0.1) is 11.8 Å². The smallest absolute Gasteiger partial charge is 0.203 e. The predicted octanol–water partition coefficient (Wildman–Crippen LogP) is 3.68. The van der Waals surface area contributed by atoms with Crippen LogP contribution in [0.25, 0.3) is 0 Å². The van der Waals surface area contributed by atoms with Crippen molar-refractivity contribution in [3.8, 4) is 28.7 Å². The molecule has 0 N–H and O–H groups in total. The first kappa shape index (κ1) is 19.7. The molecule has 0 radical (unpaired) electrons. The molecule has 0 aromatic heterocycles. The predicted molar refractivity (Wildman–Crippen MR) is 109 cm³/mol. The van der Waals surface area contributed by atoms with E-state index in [9.17, 15) is 0 Å². The van der Waals surface area contributed by atoms with Crippen LogP contribution >= 0.6 is 0 Å². The lowest BCUT2D eigenvalue weighted by Crippen LogP contribution is -2.30. The van der Waals surface area contributed by atoms with Crippen molar-refractivity contribution in [1.29, 1.82) is 0 Å².